The Kier molecular flexibility index (Phi) is 7.22. The zero-order valence-electron chi connectivity index (χ0n) is 27.0. The van der Waals surface area contributed by atoms with Gasteiger partial charge in [-0.3, -0.25) is 0 Å². The van der Waals surface area contributed by atoms with Crippen molar-refractivity contribution in [2.45, 2.75) is 0 Å². The van der Waals surface area contributed by atoms with Crippen LogP contribution in [0.5, 0.6) is 0 Å². The molecule has 0 saturated carbocycles. The molecule has 0 atom stereocenters. The first kappa shape index (κ1) is 28.8. The lowest BCUT2D eigenvalue weighted by atomic mass is 9.93. The number of benzene rings is 9. The minimum Gasteiger partial charge on any atom is -0.310 e. The highest BCUT2D eigenvalue weighted by molar-refractivity contribution is 6.13. The fourth-order valence-corrected chi connectivity index (χ4v) is 7.23. The van der Waals surface area contributed by atoms with E-state index >= 15 is 0 Å². The first-order valence-electron chi connectivity index (χ1n) is 16.8. The monoisotopic (exact) mass is 623 g/mol. The van der Waals surface area contributed by atoms with E-state index in [-0.39, 0.29) is 0 Å². The second-order valence-corrected chi connectivity index (χ2v) is 12.6. The van der Waals surface area contributed by atoms with Gasteiger partial charge in [0.1, 0.15) is 0 Å². The summed E-state index contributed by atoms with van der Waals surface area (Å²) in [5.41, 5.74) is 10.6. The van der Waals surface area contributed by atoms with E-state index in [1.807, 2.05) is 0 Å². The minimum absolute atomic E-state index is 1.10. The van der Waals surface area contributed by atoms with Crippen LogP contribution in [0.15, 0.2) is 200 Å². The molecule has 0 bridgehead atoms. The smallest absolute Gasteiger partial charge is 0.0540 e. The quantitative estimate of drug-likeness (QED) is 0.167. The summed E-state index contributed by atoms with van der Waals surface area (Å²) in [5, 5.41) is 7.58. The van der Waals surface area contributed by atoms with Crippen molar-refractivity contribution in [3.8, 4) is 33.4 Å². The average Bonchev–Trinajstić information content (AvgIpc) is 3.18. The molecule has 0 aliphatic rings. The van der Waals surface area contributed by atoms with Crippen LogP contribution in [0.4, 0.5) is 17.1 Å². The lowest BCUT2D eigenvalue weighted by Gasteiger charge is -2.28. The molecule has 9 aromatic carbocycles. The summed E-state index contributed by atoms with van der Waals surface area (Å²) < 4.78 is 0. The SMILES string of the molecule is c1ccc(-c2ccccc2N(c2ccc(-c3cc4ccccc4c4ccccc34)cc2)c2cccc(-c3ccc4ccccc4c3)c2)cc1. The van der Waals surface area contributed by atoms with Crippen molar-refractivity contribution in [1.29, 1.82) is 0 Å². The predicted molar refractivity (Wildman–Crippen MR) is 210 cm³/mol. The van der Waals surface area contributed by atoms with Crippen molar-refractivity contribution in [3.63, 3.8) is 0 Å². The van der Waals surface area contributed by atoms with Crippen LogP contribution in [0.25, 0.3) is 65.7 Å². The Hall–Kier alpha value is -6.44. The van der Waals surface area contributed by atoms with Crippen molar-refractivity contribution in [3.05, 3.63) is 200 Å². The highest BCUT2D eigenvalue weighted by atomic mass is 15.1. The van der Waals surface area contributed by atoms with E-state index in [0.717, 1.165) is 17.1 Å². The molecule has 0 unspecified atom stereocenters. The number of para-hydroxylation sites is 1. The third-order valence-corrected chi connectivity index (χ3v) is 9.62. The molecular formula is C48H33N. The summed E-state index contributed by atoms with van der Waals surface area (Å²) in [6, 6.07) is 72.5. The molecule has 9 aromatic rings. The Morgan fingerprint density at radius 1 is 0.265 bits per heavy atom. The van der Waals surface area contributed by atoms with E-state index in [1.54, 1.807) is 0 Å². The molecule has 0 radical (unpaired) electrons. The zero-order chi connectivity index (χ0) is 32.6. The summed E-state index contributed by atoms with van der Waals surface area (Å²) in [4.78, 5) is 2.40. The third kappa shape index (κ3) is 5.32. The van der Waals surface area contributed by atoms with E-state index < -0.39 is 0 Å². The van der Waals surface area contributed by atoms with E-state index in [1.165, 1.54) is 65.7 Å². The van der Waals surface area contributed by atoms with E-state index in [9.17, 15) is 0 Å². The first-order valence-corrected chi connectivity index (χ1v) is 16.8. The lowest BCUT2D eigenvalue weighted by molar-refractivity contribution is 1.28. The van der Waals surface area contributed by atoms with Crippen LogP contribution < -0.4 is 4.90 Å². The molecule has 0 amide bonds. The lowest BCUT2D eigenvalue weighted by Crippen LogP contribution is -2.11. The maximum Gasteiger partial charge on any atom is 0.0540 e. The van der Waals surface area contributed by atoms with Gasteiger partial charge in [-0.25, -0.2) is 0 Å². The topological polar surface area (TPSA) is 3.24 Å². The highest BCUT2D eigenvalue weighted by Gasteiger charge is 2.18. The summed E-state index contributed by atoms with van der Waals surface area (Å²) in [6.07, 6.45) is 0. The maximum absolute atomic E-state index is 2.40. The normalized spacial score (nSPS) is 11.3. The number of hydrogen-bond donors (Lipinski definition) is 0. The largest absolute Gasteiger partial charge is 0.310 e. The van der Waals surface area contributed by atoms with Gasteiger partial charge in [-0.05, 0) is 103 Å². The van der Waals surface area contributed by atoms with E-state index in [4.69, 9.17) is 0 Å². The molecule has 0 spiro atoms. The molecule has 1 nitrogen and oxygen atoms in total. The van der Waals surface area contributed by atoms with Gasteiger partial charge in [0, 0.05) is 16.9 Å². The van der Waals surface area contributed by atoms with Crippen LogP contribution in [0, 0.1) is 0 Å². The molecule has 0 fully saturated rings. The van der Waals surface area contributed by atoms with Gasteiger partial charge in [0.05, 0.1) is 5.69 Å². The molecule has 0 N–H and O–H groups in total. The van der Waals surface area contributed by atoms with Gasteiger partial charge in [-0.1, -0.05) is 158 Å². The fourth-order valence-electron chi connectivity index (χ4n) is 7.23. The molecule has 0 saturated heterocycles. The molecule has 0 aliphatic carbocycles. The van der Waals surface area contributed by atoms with Gasteiger partial charge >= 0.3 is 0 Å². The summed E-state index contributed by atoms with van der Waals surface area (Å²) >= 11 is 0. The van der Waals surface area contributed by atoms with Crippen LogP contribution in [0.2, 0.25) is 0 Å². The molecule has 230 valence electrons. The second kappa shape index (κ2) is 12.3. The van der Waals surface area contributed by atoms with Gasteiger partial charge in [0.2, 0.25) is 0 Å². The van der Waals surface area contributed by atoms with Crippen molar-refractivity contribution in [1.82, 2.24) is 0 Å². The van der Waals surface area contributed by atoms with Gasteiger partial charge in [0.15, 0.2) is 0 Å². The van der Waals surface area contributed by atoms with Gasteiger partial charge in [0.25, 0.3) is 0 Å². The molecular weight excluding hydrogens is 591 g/mol. The summed E-state index contributed by atoms with van der Waals surface area (Å²) in [7, 11) is 0. The van der Waals surface area contributed by atoms with E-state index in [2.05, 4.69) is 205 Å². The molecule has 0 aromatic heterocycles. The van der Waals surface area contributed by atoms with Crippen LogP contribution in [0.3, 0.4) is 0 Å². The summed E-state index contributed by atoms with van der Waals surface area (Å²) in [5.74, 6) is 0. The number of rotatable bonds is 6. The van der Waals surface area contributed by atoms with Crippen molar-refractivity contribution in [2.75, 3.05) is 4.90 Å². The fraction of sp³-hybridized carbons (Fsp3) is 0. The number of fused-ring (bicyclic) bond motifs is 4. The maximum atomic E-state index is 2.40. The number of anilines is 3. The first-order chi connectivity index (χ1) is 24.3. The molecule has 0 heterocycles. The molecule has 0 aliphatic heterocycles. The van der Waals surface area contributed by atoms with Crippen LogP contribution >= 0.6 is 0 Å². The Bertz CT molecular complexity index is 2600. The Balaban J connectivity index is 1.20. The standard InChI is InChI=1S/C48H33N/c1-2-14-35(15-3-1)44-21-10-11-24-48(44)49(42-19-12-18-38(32-42)39-26-25-34-13-4-5-16-37(34)31-39)41-29-27-36(28-30-41)47-33-40-17-6-7-20-43(40)45-22-8-9-23-46(45)47/h1-33H. The van der Waals surface area contributed by atoms with Crippen molar-refractivity contribution < 1.29 is 0 Å². The molecule has 9 rings (SSSR count). The van der Waals surface area contributed by atoms with Crippen LogP contribution in [0.1, 0.15) is 0 Å². The number of nitrogens with zero attached hydrogens (tertiary/aromatic N) is 1. The second-order valence-electron chi connectivity index (χ2n) is 12.6. The van der Waals surface area contributed by atoms with Gasteiger partial charge < -0.3 is 4.90 Å². The number of hydrogen-bond acceptors (Lipinski definition) is 1. The van der Waals surface area contributed by atoms with Gasteiger partial charge in [-0.15, -0.1) is 0 Å². The van der Waals surface area contributed by atoms with Crippen molar-refractivity contribution in [2.24, 2.45) is 0 Å². The molecule has 1 heteroatoms. The Morgan fingerprint density at radius 2 is 0.857 bits per heavy atom. The summed E-state index contributed by atoms with van der Waals surface area (Å²) in [6.45, 7) is 0. The van der Waals surface area contributed by atoms with Crippen molar-refractivity contribution >= 4 is 49.4 Å². The minimum atomic E-state index is 1.10. The van der Waals surface area contributed by atoms with E-state index in [0.29, 0.717) is 0 Å². The van der Waals surface area contributed by atoms with Crippen LogP contribution in [-0.4, -0.2) is 0 Å². The zero-order valence-corrected chi connectivity index (χ0v) is 27.0. The average molecular weight is 624 g/mol. The molecule has 49 heavy (non-hydrogen) atoms. The third-order valence-electron chi connectivity index (χ3n) is 9.62. The Labute approximate surface area is 287 Å². The van der Waals surface area contributed by atoms with Gasteiger partial charge in [-0.2, -0.15) is 0 Å². The predicted octanol–water partition coefficient (Wildman–Crippen LogP) is 13.6. The Morgan fingerprint density at radius 3 is 1.69 bits per heavy atom. The van der Waals surface area contributed by atoms with Crippen LogP contribution in [-0.2, 0) is 0 Å². The highest BCUT2D eigenvalue weighted by Crippen LogP contribution is 2.43.